The third kappa shape index (κ3) is 6.65. The number of nitrogens with one attached hydrogen (secondary N) is 1. The Morgan fingerprint density at radius 2 is 1.74 bits per heavy atom. The van der Waals surface area contributed by atoms with E-state index < -0.39 is 28.6 Å². The summed E-state index contributed by atoms with van der Waals surface area (Å²) in [5, 5.41) is 1.74. The molecule has 0 saturated heterocycles. The van der Waals surface area contributed by atoms with E-state index in [-0.39, 0.29) is 17.9 Å². The van der Waals surface area contributed by atoms with Crippen molar-refractivity contribution in [2.45, 2.75) is 31.1 Å². The maximum Gasteiger partial charge on any atom is 0.344 e. The molecule has 0 saturated carbocycles. The number of sulfonamides is 1. The summed E-state index contributed by atoms with van der Waals surface area (Å²) in [5.74, 6) is -1.29. The molecule has 0 aliphatic heterocycles. The quantitative estimate of drug-likeness (QED) is 0.492. The molecule has 2 aromatic rings. The Bertz CT molecular complexity index is 894. The fourth-order valence-corrected chi connectivity index (χ4v) is 3.36. The Kier molecular flexibility index (Phi) is 7.75. The van der Waals surface area contributed by atoms with Crippen molar-refractivity contribution in [2.24, 2.45) is 0 Å². The van der Waals surface area contributed by atoms with Crippen molar-refractivity contribution in [3.63, 3.8) is 0 Å². The van der Waals surface area contributed by atoms with Crippen molar-refractivity contribution in [1.82, 2.24) is 4.72 Å². The van der Waals surface area contributed by atoms with Gasteiger partial charge in [0.25, 0.3) is 0 Å². The van der Waals surface area contributed by atoms with Crippen LogP contribution in [0.25, 0.3) is 10.8 Å². The Hall–Kier alpha value is -2.45. The van der Waals surface area contributed by atoms with Gasteiger partial charge in [-0.25, -0.2) is 17.9 Å². The minimum Gasteiger partial charge on any atom is -0.463 e. The third-order valence-corrected chi connectivity index (χ3v) is 5.22. The molecule has 2 rings (SSSR count). The van der Waals surface area contributed by atoms with Crippen LogP contribution in [0.5, 0.6) is 0 Å². The summed E-state index contributed by atoms with van der Waals surface area (Å²) in [7, 11) is -3.74. The number of fused-ring (bicyclic) bond motifs is 1. The number of carbonyl (C=O) groups is 2. The van der Waals surface area contributed by atoms with Gasteiger partial charge in [0.1, 0.15) is 0 Å². The van der Waals surface area contributed by atoms with E-state index >= 15 is 0 Å². The fraction of sp³-hybridized carbons (Fsp3) is 0.368. The van der Waals surface area contributed by atoms with E-state index in [1.54, 1.807) is 12.1 Å². The predicted molar refractivity (Wildman–Crippen MR) is 101 cm³/mol. The normalized spacial score (nSPS) is 11.3. The highest BCUT2D eigenvalue weighted by molar-refractivity contribution is 7.89. The summed E-state index contributed by atoms with van der Waals surface area (Å²) in [6, 6.07) is 12.2. The van der Waals surface area contributed by atoms with Gasteiger partial charge in [0, 0.05) is 6.54 Å². The first-order valence-corrected chi connectivity index (χ1v) is 10.2. The molecule has 7 nitrogen and oxygen atoms in total. The van der Waals surface area contributed by atoms with Gasteiger partial charge >= 0.3 is 11.9 Å². The van der Waals surface area contributed by atoms with Crippen molar-refractivity contribution in [3.8, 4) is 0 Å². The standard InChI is InChI=1S/C19H23NO6S/c1-2-3-12-25-19(22)14-26-18(21)10-11-20-27(23,24)17-9-8-15-6-4-5-7-16(15)13-17/h4-9,13,20H,2-3,10-12,14H2,1H3. The van der Waals surface area contributed by atoms with Crippen LogP contribution >= 0.6 is 0 Å². The zero-order chi connectivity index (χ0) is 19.7. The molecule has 1 N–H and O–H groups in total. The van der Waals surface area contributed by atoms with Crippen LogP contribution in [0.2, 0.25) is 0 Å². The second kappa shape index (κ2) is 10.0. The molecule has 0 heterocycles. The highest BCUT2D eigenvalue weighted by Gasteiger charge is 2.15. The monoisotopic (exact) mass is 393 g/mol. The first-order chi connectivity index (χ1) is 12.9. The van der Waals surface area contributed by atoms with Gasteiger partial charge in [0.2, 0.25) is 10.0 Å². The molecular weight excluding hydrogens is 370 g/mol. The van der Waals surface area contributed by atoms with Gasteiger partial charge in [-0.2, -0.15) is 0 Å². The van der Waals surface area contributed by atoms with Crippen LogP contribution in [-0.4, -0.2) is 40.1 Å². The Balaban J connectivity index is 1.79. The van der Waals surface area contributed by atoms with Gasteiger partial charge in [0.05, 0.1) is 17.9 Å². The van der Waals surface area contributed by atoms with Crippen LogP contribution in [0.1, 0.15) is 26.2 Å². The van der Waals surface area contributed by atoms with Crippen LogP contribution < -0.4 is 4.72 Å². The zero-order valence-corrected chi connectivity index (χ0v) is 16.0. The number of benzene rings is 2. The lowest BCUT2D eigenvalue weighted by molar-refractivity contribution is -0.158. The van der Waals surface area contributed by atoms with E-state index in [1.165, 1.54) is 6.07 Å². The number of rotatable bonds is 10. The number of ether oxygens (including phenoxy) is 2. The summed E-state index contributed by atoms with van der Waals surface area (Å²) in [5.41, 5.74) is 0. The van der Waals surface area contributed by atoms with Crippen molar-refractivity contribution in [3.05, 3.63) is 42.5 Å². The number of unbranched alkanes of at least 4 members (excludes halogenated alkanes) is 1. The lowest BCUT2D eigenvalue weighted by Crippen LogP contribution is -2.27. The van der Waals surface area contributed by atoms with E-state index in [9.17, 15) is 18.0 Å². The minimum absolute atomic E-state index is 0.120. The molecule has 0 spiro atoms. The smallest absolute Gasteiger partial charge is 0.344 e. The molecule has 27 heavy (non-hydrogen) atoms. The summed E-state index contributed by atoms with van der Waals surface area (Å²) in [6.07, 6.45) is 1.45. The minimum atomic E-state index is -3.74. The SMILES string of the molecule is CCCCOC(=O)COC(=O)CCNS(=O)(=O)c1ccc2ccccc2c1. The molecule has 0 fully saturated rings. The first-order valence-electron chi connectivity index (χ1n) is 8.72. The van der Waals surface area contributed by atoms with Gasteiger partial charge in [-0.1, -0.05) is 43.7 Å². The summed E-state index contributed by atoms with van der Waals surface area (Å²) in [4.78, 5) is 23.1. The summed E-state index contributed by atoms with van der Waals surface area (Å²) >= 11 is 0. The number of hydrogen-bond acceptors (Lipinski definition) is 6. The molecule has 2 aromatic carbocycles. The molecule has 0 amide bonds. The van der Waals surface area contributed by atoms with E-state index in [0.29, 0.717) is 6.61 Å². The van der Waals surface area contributed by atoms with Gasteiger partial charge in [-0.3, -0.25) is 4.79 Å². The Morgan fingerprint density at radius 3 is 2.48 bits per heavy atom. The lowest BCUT2D eigenvalue weighted by Gasteiger charge is -2.08. The Morgan fingerprint density at radius 1 is 1.00 bits per heavy atom. The number of hydrogen-bond donors (Lipinski definition) is 1. The van der Waals surface area contributed by atoms with Crippen molar-refractivity contribution in [2.75, 3.05) is 19.8 Å². The van der Waals surface area contributed by atoms with Gasteiger partial charge < -0.3 is 9.47 Å². The van der Waals surface area contributed by atoms with Crippen molar-refractivity contribution in [1.29, 1.82) is 0 Å². The Labute approximate surface area is 158 Å². The largest absolute Gasteiger partial charge is 0.463 e. The maximum absolute atomic E-state index is 12.3. The molecule has 8 heteroatoms. The van der Waals surface area contributed by atoms with Crippen LogP contribution in [0.15, 0.2) is 47.4 Å². The van der Waals surface area contributed by atoms with E-state index in [2.05, 4.69) is 4.72 Å². The molecule has 146 valence electrons. The van der Waals surface area contributed by atoms with E-state index in [4.69, 9.17) is 9.47 Å². The van der Waals surface area contributed by atoms with Crippen molar-refractivity contribution >= 4 is 32.7 Å². The molecule has 0 bridgehead atoms. The second-order valence-electron chi connectivity index (χ2n) is 5.89. The summed E-state index contributed by atoms with van der Waals surface area (Å²) in [6.45, 7) is 1.66. The van der Waals surface area contributed by atoms with Crippen LogP contribution in [-0.2, 0) is 29.1 Å². The fourth-order valence-electron chi connectivity index (χ4n) is 2.29. The predicted octanol–water partition coefficient (Wildman–Crippen LogP) is 2.39. The molecular formula is C19H23NO6S. The zero-order valence-electron chi connectivity index (χ0n) is 15.1. The van der Waals surface area contributed by atoms with Crippen LogP contribution in [0.3, 0.4) is 0 Å². The highest BCUT2D eigenvalue weighted by atomic mass is 32.2. The average molecular weight is 393 g/mol. The molecule has 0 aromatic heterocycles. The first kappa shape index (κ1) is 20.9. The third-order valence-electron chi connectivity index (χ3n) is 3.76. The molecule has 0 aliphatic rings. The molecule has 0 unspecified atom stereocenters. The highest BCUT2D eigenvalue weighted by Crippen LogP contribution is 2.18. The number of esters is 2. The second-order valence-corrected chi connectivity index (χ2v) is 7.66. The maximum atomic E-state index is 12.3. The molecule has 0 atom stereocenters. The van der Waals surface area contributed by atoms with E-state index in [0.717, 1.165) is 23.6 Å². The van der Waals surface area contributed by atoms with Crippen molar-refractivity contribution < 1.29 is 27.5 Å². The van der Waals surface area contributed by atoms with Gasteiger partial charge in [-0.05, 0) is 29.3 Å². The molecule has 0 radical (unpaired) electrons. The molecule has 0 aliphatic carbocycles. The van der Waals surface area contributed by atoms with Crippen LogP contribution in [0.4, 0.5) is 0 Å². The lowest BCUT2D eigenvalue weighted by atomic mass is 10.1. The number of carbonyl (C=O) groups excluding carboxylic acids is 2. The topological polar surface area (TPSA) is 98.8 Å². The average Bonchev–Trinajstić information content (AvgIpc) is 2.66. The van der Waals surface area contributed by atoms with Gasteiger partial charge in [-0.15, -0.1) is 0 Å². The van der Waals surface area contributed by atoms with E-state index in [1.807, 2.05) is 31.2 Å². The summed E-state index contributed by atoms with van der Waals surface area (Å²) < 4.78 is 36.6. The van der Waals surface area contributed by atoms with Gasteiger partial charge in [0.15, 0.2) is 6.61 Å². The van der Waals surface area contributed by atoms with Crippen LogP contribution in [0, 0.1) is 0 Å².